The molecule has 17 heavy (non-hydrogen) atoms. The van der Waals surface area contributed by atoms with Crippen molar-refractivity contribution in [1.82, 2.24) is 0 Å². The van der Waals surface area contributed by atoms with Crippen LogP contribution in [0, 0.1) is 0 Å². The van der Waals surface area contributed by atoms with E-state index < -0.39 is 18.6 Å². The van der Waals surface area contributed by atoms with E-state index in [2.05, 4.69) is 4.74 Å². The van der Waals surface area contributed by atoms with Gasteiger partial charge in [-0.2, -0.15) is 17.6 Å². The summed E-state index contributed by atoms with van der Waals surface area (Å²) in [6.45, 7) is 0.106. The zero-order chi connectivity index (χ0) is 13.1. The molecule has 0 saturated heterocycles. The summed E-state index contributed by atoms with van der Waals surface area (Å²) in [6, 6.07) is 4.67. The van der Waals surface area contributed by atoms with Gasteiger partial charge in [0.1, 0.15) is 5.75 Å². The standard InChI is InChI=1S/C10H12F4N2O/c11-9(12)10(13,14)17-7-3-1-2-6(4-7)8(16)5-15/h1-4,8-9H,5,15-16H2/t8-/m0/s1. The van der Waals surface area contributed by atoms with E-state index in [4.69, 9.17) is 11.5 Å². The lowest BCUT2D eigenvalue weighted by Gasteiger charge is -2.18. The first-order chi connectivity index (χ1) is 7.86. The maximum atomic E-state index is 12.6. The number of hydrogen-bond acceptors (Lipinski definition) is 3. The van der Waals surface area contributed by atoms with Gasteiger partial charge in [-0.3, -0.25) is 0 Å². The third-order valence-electron chi connectivity index (χ3n) is 2.05. The summed E-state index contributed by atoms with van der Waals surface area (Å²) in [5, 5.41) is 0. The van der Waals surface area contributed by atoms with Crippen LogP contribution < -0.4 is 16.2 Å². The van der Waals surface area contributed by atoms with Crippen molar-refractivity contribution in [3.8, 4) is 5.75 Å². The van der Waals surface area contributed by atoms with E-state index in [9.17, 15) is 17.6 Å². The molecule has 1 aromatic carbocycles. The van der Waals surface area contributed by atoms with Crippen LogP contribution in [0.1, 0.15) is 11.6 Å². The number of halogens is 4. The van der Waals surface area contributed by atoms with Gasteiger partial charge in [0.2, 0.25) is 0 Å². The van der Waals surface area contributed by atoms with Crippen molar-refractivity contribution in [2.75, 3.05) is 6.54 Å². The Bertz CT molecular complexity index is 373. The molecule has 0 aromatic heterocycles. The Morgan fingerprint density at radius 1 is 1.29 bits per heavy atom. The Hall–Kier alpha value is -1.34. The van der Waals surface area contributed by atoms with E-state index in [1.165, 1.54) is 6.07 Å². The minimum atomic E-state index is -4.52. The molecule has 0 amide bonds. The molecule has 0 aliphatic heterocycles. The SMILES string of the molecule is NC[C@H](N)c1cccc(OC(F)(F)C(F)F)c1. The molecule has 1 atom stereocenters. The molecule has 0 unspecified atom stereocenters. The highest BCUT2D eigenvalue weighted by atomic mass is 19.3. The van der Waals surface area contributed by atoms with E-state index in [1.807, 2.05) is 0 Å². The van der Waals surface area contributed by atoms with Crippen molar-refractivity contribution in [2.24, 2.45) is 11.5 Å². The third kappa shape index (κ3) is 3.57. The van der Waals surface area contributed by atoms with Gasteiger partial charge in [0.25, 0.3) is 0 Å². The molecule has 0 bridgehead atoms. The smallest absolute Gasteiger partial charge is 0.428 e. The fraction of sp³-hybridized carbons (Fsp3) is 0.400. The molecule has 0 radical (unpaired) electrons. The van der Waals surface area contributed by atoms with Crippen molar-refractivity contribution in [3.05, 3.63) is 29.8 Å². The Morgan fingerprint density at radius 2 is 1.94 bits per heavy atom. The predicted molar refractivity (Wildman–Crippen MR) is 54.0 cm³/mol. The van der Waals surface area contributed by atoms with Crippen LogP contribution in [-0.2, 0) is 0 Å². The van der Waals surface area contributed by atoms with Crippen LogP contribution in [-0.4, -0.2) is 19.1 Å². The van der Waals surface area contributed by atoms with Crippen molar-refractivity contribution in [1.29, 1.82) is 0 Å². The van der Waals surface area contributed by atoms with E-state index in [0.29, 0.717) is 5.56 Å². The van der Waals surface area contributed by atoms with E-state index in [-0.39, 0.29) is 12.3 Å². The van der Waals surface area contributed by atoms with Crippen LogP contribution in [0.25, 0.3) is 0 Å². The van der Waals surface area contributed by atoms with E-state index >= 15 is 0 Å². The lowest BCUT2D eigenvalue weighted by Crippen LogP contribution is -2.33. The number of rotatable bonds is 5. The number of ether oxygens (including phenoxy) is 1. The largest absolute Gasteiger partial charge is 0.461 e. The summed E-state index contributed by atoms with van der Waals surface area (Å²) in [6.07, 6.45) is -8.42. The first-order valence-electron chi connectivity index (χ1n) is 4.77. The number of alkyl halides is 4. The molecule has 7 heteroatoms. The van der Waals surface area contributed by atoms with Crippen LogP contribution in [0.4, 0.5) is 17.6 Å². The second-order valence-corrected chi connectivity index (χ2v) is 3.38. The molecule has 96 valence electrons. The molecule has 1 aromatic rings. The molecular formula is C10H12F4N2O. The monoisotopic (exact) mass is 252 g/mol. The Balaban J connectivity index is 2.86. The highest BCUT2D eigenvalue weighted by Gasteiger charge is 2.43. The Labute approximate surface area is 95.3 Å². The third-order valence-corrected chi connectivity index (χ3v) is 2.05. The maximum Gasteiger partial charge on any atom is 0.461 e. The van der Waals surface area contributed by atoms with Gasteiger partial charge >= 0.3 is 12.5 Å². The molecule has 0 aliphatic rings. The maximum absolute atomic E-state index is 12.6. The fourth-order valence-corrected chi connectivity index (χ4v) is 1.15. The average molecular weight is 252 g/mol. The number of hydrogen-bond donors (Lipinski definition) is 2. The van der Waals surface area contributed by atoms with Crippen molar-refractivity contribution < 1.29 is 22.3 Å². The van der Waals surface area contributed by atoms with Gasteiger partial charge in [0, 0.05) is 12.6 Å². The van der Waals surface area contributed by atoms with Gasteiger partial charge in [0.15, 0.2) is 0 Å². The van der Waals surface area contributed by atoms with Gasteiger partial charge < -0.3 is 16.2 Å². The molecule has 0 saturated carbocycles. The van der Waals surface area contributed by atoms with Crippen molar-refractivity contribution in [2.45, 2.75) is 18.6 Å². The molecule has 1 rings (SSSR count). The van der Waals surface area contributed by atoms with Crippen molar-refractivity contribution >= 4 is 0 Å². The Morgan fingerprint density at radius 3 is 2.47 bits per heavy atom. The zero-order valence-electron chi connectivity index (χ0n) is 8.75. The summed E-state index contributed by atoms with van der Waals surface area (Å²) < 4.78 is 53.0. The first kappa shape index (κ1) is 13.7. The highest BCUT2D eigenvalue weighted by Crippen LogP contribution is 2.28. The average Bonchev–Trinajstić information content (AvgIpc) is 2.27. The van der Waals surface area contributed by atoms with Gasteiger partial charge in [-0.25, -0.2) is 0 Å². The summed E-state index contributed by atoms with van der Waals surface area (Å²) >= 11 is 0. The molecule has 4 N–H and O–H groups in total. The van der Waals surface area contributed by atoms with Crippen LogP contribution in [0.3, 0.4) is 0 Å². The number of benzene rings is 1. The van der Waals surface area contributed by atoms with Gasteiger partial charge in [-0.15, -0.1) is 0 Å². The van der Waals surface area contributed by atoms with E-state index in [1.54, 1.807) is 6.07 Å². The lowest BCUT2D eigenvalue weighted by molar-refractivity contribution is -0.253. The second kappa shape index (κ2) is 5.33. The fourth-order valence-electron chi connectivity index (χ4n) is 1.15. The molecular weight excluding hydrogens is 240 g/mol. The molecule has 0 aliphatic carbocycles. The molecule has 0 heterocycles. The number of nitrogens with two attached hydrogens (primary N) is 2. The topological polar surface area (TPSA) is 61.3 Å². The van der Waals surface area contributed by atoms with Crippen LogP contribution in [0.5, 0.6) is 5.75 Å². The summed E-state index contributed by atoms with van der Waals surface area (Å²) in [7, 11) is 0. The normalized spacial score (nSPS) is 13.8. The second-order valence-electron chi connectivity index (χ2n) is 3.38. The Kier molecular flexibility index (Phi) is 4.30. The minimum absolute atomic E-state index is 0.106. The highest BCUT2D eigenvalue weighted by molar-refractivity contribution is 5.30. The predicted octanol–water partition coefficient (Wildman–Crippen LogP) is 1.88. The molecule has 0 spiro atoms. The lowest BCUT2D eigenvalue weighted by atomic mass is 10.1. The first-order valence-corrected chi connectivity index (χ1v) is 4.77. The van der Waals surface area contributed by atoms with Gasteiger partial charge in [-0.1, -0.05) is 12.1 Å². The van der Waals surface area contributed by atoms with Crippen LogP contribution >= 0.6 is 0 Å². The van der Waals surface area contributed by atoms with Gasteiger partial charge in [0.05, 0.1) is 0 Å². The van der Waals surface area contributed by atoms with E-state index in [0.717, 1.165) is 12.1 Å². The molecule has 3 nitrogen and oxygen atoms in total. The van der Waals surface area contributed by atoms with Crippen LogP contribution in [0.15, 0.2) is 24.3 Å². The van der Waals surface area contributed by atoms with Gasteiger partial charge in [-0.05, 0) is 17.7 Å². The summed E-state index contributed by atoms with van der Waals surface area (Å²) in [5.74, 6) is -0.378. The summed E-state index contributed by atoms with van der Waals surface area (Å²) in [5.41, 5.74) is 11.3. The molecule has 0 fully saturated rings. The minimum Gasteiger partial charge on any atom is -0.428 e. The summed E-state index contributed by atoms with van der Waals surface area (Å²) in [4.78, 5) is 0. The van der Waals surface area contributed by atoms with Crippen molar-refractivity contribution in [3.63, 3.8) is 0 Å². The zero-order valence-corrected chi connectivity index (χ0v) is 8.75. The quantitative estimate of drug-likeness (QED) is 0.786. The van der Waals surface area contributed by atoms with Crippen LogP contribution in [0.2, 0.25) is 0 Å².